The number of phosphoric acid groups is 1. The van der Waals surface area contributed by atoms with Crippen molar-refractivity contribution in [1.82, 2.24) is 0 Å². The number of allylic oxidation sites excluding steroid dienone is 6. The molecule has 2 atom stereocenters. The van der Waals surface area contributed by atoms with E-state index in [1.165, 1.54) is 411 Å². The van der Waals surface area contributed by atoms with Gasteiger partial charge in [0.1, 0.15) is 19.8 Å². The van der Waals surface area contributed by atoms with Gasteiger partial charge in [-0.05, 0) is 51.4 Å². The first-order chi connectivity index (χ1) is 50.0. The first-order valence-electron chi connectivity index (χ1n) is 45.7. The number of esters is 2. The van der Waals surface area contributed by atoms with E-state index >= 15 is 0 Å². The van der Waals surface area contributed by atoms with Crippen LogP contribution in [0.2, 0.25) is 0 Å². The van der Waals surface area contributed by atoms with Gasteiger partial charge in [0, 0.05) is 12.8 Å². The van der Waals surface area contributed by atoms with Crippen molar-refractivity contribution >= 4 is 19.8 Å². The molecule has 0 aromatic carbocycles. The Morgan fingerprint density at radius 2 is 0.529 bits per heavy atom. The third-order valence-corrected chi connectivity index (χ3v) is 22.1. The largest absolute Gasteiger partial charge is 0.756 e. The molecule has 604 valence electrons. The molecule has 0 heterocycles. The van der Waals surface area contributed by atoms with Crippen LogP contribution in [0.1, 0.15) is 489 Å². The molecular formula is C92H178NO8P. The molecule has 0 aliphatic carbocycles. The van der Waals surface area contributed by atoms with Crippen molar-refractivity contribution in [2.24, 2.45) is 0 Å². The van der Waals surface area contributed by atoms with Crippen molar-refractivity contribution in [3.63, 3.8) is 0 Å². The van der Waals surface area contributed by atoms with E-state index in [1.54, 1.807) is 0 Å². The zero-order chi connectivity index (χ0) is 74.0. The Kier molecular flexibility index (Phi) is 81.8. The minimum Gasteiger partial charge on any atom is -0.756 e. The minimum atomic E-state index is -4.64. The second kappa shape index (κ2) is 83.3. The van der Waals surface area contributed by atoms with Crippen LogP contribution in [0.3, 0.4) is 0 Å². The summed E-state index contributed by atoms with van der Waals surface area (Å²) in [5.74, 6) is -0.803. The van der Waals surface area contributed by atoms with Crippen molar-refractivity contribution in [2.75, 3.05) is 47.5 Å². The molecule has 0 N–H and O–H groups in total. The average molecular weight is 1460 g/mol. The minimum absolute atomic E-state index is 0.0265. The third-order valence-electron chi connectivity index (χ3n) is 21.2. The van der Waals surface area contributed by atoms with Crippen molar-refractivity contribution in [3.8, 4) is 0 Å². The molecular weight excluding hydrogens is 1280 g/mol. The molecule has 0 aliphatic rings. The maximum absolute atomic E-state index is 12.9. The van der Waals surface area contributed by atoms with Gasteiger partial charge in [-0.1, -0.05) is 461 Å². The number of rotatable bonds is 87. The topological polar surface area (TPSA) is 111 Å². The summed E-state index contributed by atoms with van der Waals surface area (Å²) in [5.41, 5.74) is 0. The predicted octanol–water partition coefficient (Wildman–Crippen LogP) is 30.2. The van der Waals surface area contributed by atoms with Crippen LogP contribution in [0.15, 0.2) is 36.5 Å². The van der Waals surface area contributed by atoms with Crippen molar-refractivity contribution in [3.05, 3.63) is 36.5 Å². The molecule has 9 nitrogen and oxygen atoms in total. The van der Waals surface area contributed by atoms with Crippen LogP contribution in [0.4, 0.5) is 0 Å². The Hall–Kier alpha value is -1.77. The maximum Gasteiger partial charge on any atom is 0.306 e. The van der Waals surface area contributed by atoms with Gasteiger partial charge in [-0.25, -0.2) is 0 Å². The van der Waals surface area contributed by atoms with E-state index in [2.05, 4.69) is 50.3 Å². The van der Waals surface area contributed by atoms with Crippen LogP contribution in [-0.4, -0.2) is 70.0 Å². The number of hydrogen-bond acceptors (Lipinski definition) is 8. The summed E-state index contributed by atoms with van der Waals surface area (Å²) in [4.78, 5) is 38.3. The highest BCUT2D eigenvalue weighted by Gasteiger charge is 2.22. The van der Waals surface area contributed by atoms with Crippen molar-refractivity contribution in [1.29, 1.82) is 0 Å². The molecule has 0 spiro atoms. The maximum atomic E-state index is 12.9. The molecule has 0 saturated heterocycles. The van der Waals surface area contributed by atoms with Gasteiger partial charge in [-0.2, -0.15) is 0 Å². The Morgan fingerprint density at radius 1 is 0.304 bits per heavy atom. The van der Waals surface area contributed by atoms with E-state index in [-0.39, 0.29) is 32.0 Å². The van der Waals surface area contributed by atoms with Crippen LogP contribution in [0.5, 0.6) is 0 Å². The number of quaternary nitrogens is 1. The summed E-state index contributed by atoms with van der Waals surface area (Å²) in [7, 11) is 1.20. The summed E-state index contributed by atoms with van der Waals surface area (Å²) in [5, 5.41) is 0. The van der Waals surface area contributed by atoms with E-state index in [0.29, 0.717) is 17.4 Å². The molecule has 0 amide bonds. The van der Waals surface area contributed by atoms with Crippen LogP contribution in [0, 0.1) is 0 Å². The fraction of sp³-hybridized carbons (Fsp3) is 0.913. The standard InChI is InChI=1S/C92H178NO8P/c1-6-8-10-12-14-16-18-20-22-24-26-28-30-32-34-36-38-40-42-44-46-48-50-52-54-56-58-60-62-64-66-68-70-72-74-76-78-80-82-84-91(94)98-88-90(89-100-102(96,97)99-87-86-93(3,4)5)101-92(95)85-83-81-79-77-75-73-71-69-67-65-63-61-59-57-55-53-51-49-47-45-43-41-39-37-35-33-31-29-27-25-23-21-19-17-15-13-11-9-7-2/h19,21,25,27,31,33,90H,6-18,20,22-24,26,28-30,32,34-89H2,1-5H3/b21-19-,27-25-,33-31-. The number of likely N-dealkylation sites (N-methyl/N-ethyl adjacent to an activating group) is 1. The number of carbonyl (C=O) groups excluding carboxylic acids is 2. The van der Waals surface area contributed by atoms with E-state index in [4.69, 9.17) is 18.5 Å². The molecule has 0 bridgehead atoms. The summed E-state index contributed by atoms with van der Waals surface area (Å²) in [6.45, 7) is 4.33. The van der Waals surface area contributed by atoms with E-state index in [0.717, 1.165) is 44.9 Å². The Balaban J connectivity index is 3.83. The molecule has 0 radical (unpaired) electrons. The predicted molar refractivity (Wildman–Crippen MR) is 444 cm³/mol. The summed E-state index contributed by atoms with van der Waals surface area (Å²) >= 11 is 0. The fourth-order valence-corrected chi connectivity index (χ4v) is 14.9. The lowest BCUT2D eigenvalue weighted by atomic mass is 10.0. The van der Waals surface area contributed by atoms with Gasteiger partial charge in [0.25, 0.3) is 7.82 Å². The Bertz CT molecular complexity index is 1810. The Morgan fingerprint density at radius 3 is 0.784 bits per heavy atom. The SMILES string of the molecule is CCCCCCC/C=C\C/C=C\C/C=C\CCCCCCCCCCCCCCCCCCCCCCCCCCC(=O)OC(COC(=O)CCCCCCCCCCCCCCCCCCCCCCCCCCCCCCCCCCCCCCCCC)COP(=O)([O-])OCC[N+](C)(C)C. The lowest BCUT2D eigenvalue weighted by molar-refractivity contribution is -0.870. The number of carbonyl (C=O) groups is 2. The van der Waals surface area contributed by atoms with Gasteiger partial charge >= 0.3 is 11.9 Å². The molecule has 0 fully saturated rings. The molecule has 0 aromatic heterocycles. The van der Waals surface area contributed by atoms with Crippen LogP contribution < -0.4 is 4.89 Å². The van der Waals surface area contributed by atoms with Gasteiger partial charge in [-0.15, -0.1) is 0 Å². The zero-order valence-corrected chi connectivity index (χ0v) is 70.3. The fourth-order valence-electron chi connectivity index (χ4n) is 14.2. The number of unbranched alkanes of at least 4 members (excludes halogenated alkanes) is 67. The second-order valence-electron chi connectivity index (χ2n) is 32.7. The van der Waals surface area contributed by atoms with E-state index in [1.807, 2.05) is 21.1 Å². The monoisotopic (exact) mass is 1460 g/mol. The average Bonchev–Trinajstić information content (AvgIpc) is 0.914. The van der Waals surface area contributed by atoms with Crippen molar-refractivity contribution < 1.29 is 42.1 Å². The van der Waals surface area contributed by atoms with Crippen LogP contribution in [-0.2, 0) is 32.7 Å². The molecule has 0 aliphatic heterocycles. The summed E-state index contributed by atoms with van der Waals surface area (Å²) < 4.78 is 34.5. The quantitative estimate of drug-likeness (QED) is 0.0195. The second-order valence-corrected chi connectivity index (χ2v) is 34.1. The van der Waals surface area contributed by atoms with Crippen molar-refractivity contribution in [2.45, 2.75) is 495 Å². The lowest BCUT2D eigenvalue weighted by Crippen LogP contribution is -2.37. The zero-order valence-electron chi connectivity index (χ0n) is 69.4. The Labute approximate surface area is 637 Å². The van der Waals surface area contributed by atoms with E-state index < -0.39 is 26.5 Å². The molecule has 2 unspecified atom stereocenters. The highest BCUT2D eigenvalue weighted by atomic mass is 31.2. The molecule has 0 aromatic rings. The highest BCUT2D eigenvalue weighted by molar-refractivity contribution is 7.45. The molecule has 0 saturated carbocycles. The number of hydrogen-bond donors (Lipinski definition) is 0. The summed E-state index contributed by atoms with van der Waals surface area (Å²) in [6, 6.07) is 0. The highest BCUT2D eigenvalue weighted by Crippen LogP contribution is 2.38. The van der Waals surface area contributed by atoms with Gasteiger partial charge < -0.3 is 27.9 Å². The van der Waals surface area contributed by atoms with Crippen LogP contribution >= 0.6 is 7.82 Å². The lowest BCUT2D eigenvalue weighted by Gasteiger charge is -2.28. The van der Waals surface area contributed by atoms with Gasteiger partial charge in [0.05, 0.1) is 27.7 Å². The van der Waals surface area contributed by atoms with Gasteiger partial charge in [-0.3, -0.25) is 14.2 Å². The third kappa shape index (κ3) is 87.1. The number of ether oxygens (including phenoxy) is 2. The summed E-state index contributed by atoms with van der Waals surface area (Å²) in [6.07, 6.45) is 110. The first kappa shape index (κ1) is 100. The van der Waals surface area contributed by atoms with E-state index in [9.17, 15) is 19.0 Å². The number of phosphoric ester groups is 1. The smallest absolute Gasteiger partial charge is 0.306 e. The molecule has 10 heteroatoms. The van der Waals surface area contributed by atoms with Crippen LogP contribution in [0.25, 0.3) is 0 Å². The molecule has 102 heavy (non-hydrogen) atoms. The molecule has 0 rings (SSSR count). The van der Waals surface area contributed by atoms with Gasteiger partial charge in [0.2, 0.25) is 0 Å². The number of nitrogens with zero attached hydrogens (tertiary/aromatic N) is 1. The van der Waals surface area contributed by atoms with Gasteiger partial charge in [0.15, 0.2) is 6.10 Å². The normalized spacial score (nSPS) is 13.0. The first-order valence-corrected chi connectivity index (χ1v) is 47.2.